The molecule has 0 radical (unpaired) electrons. The fraction of sp³-hybridized carbons (Fsp3) is 0.533. The Bertz CT molecular complexity index is 619. The van der Waals surface area contributed by atoms with Gasteiger partial charge < -0.3 is 0 Å². The molecule has 116 valence electrons. The Labute approximate surface area is 126 Å². The van der Waals surface area contributed by atoms with Gasteiger partial charge in [0.25, 0.3) is 0 Å². The van der Waals surface area contributed by atoms with E-state index < -0.39 is 15.8 Å². The number of rotatable bonds is 7. The van der Waals surface area contributed by atoms with Crippen LogP contribution in [0.4, 0.5) is 4.39 Å². The minimum absolute atomic E-state index is 0.0340. The first kappa shape index (κ1) is 17.6. The van der Waals surface area contributed by atoms with E-state index in [9.17, 15) is 12.8 Å². The summed E-state index contributed by atoms with van der Waals surface area (Å²) < 4.78 is 39.9. The van der Waals surface area contributed by atoms with Crippen LogP contribution in [0.25, 0.3) is 0 Å². The molecule has 0 aliphatic rings. The Morgan fingerprint density at radius 1 is 1.29 bits per heavy atom. The first-order valence-corrected chi connectivity index (χ1v) is 8.54. The van der Waals surface area contributed by atoms with Crippen molar-refractivity contribution in [3.8, 4) is 6.07 Å². The molecule has 6 heteroatoms. The third-order valence-electron chi connectivity index (χ3n) is 3.67. The Morgan fingerprint density at radius 3 is 2.38 bits per heavy atom. The number of halogens is 1. The molecule has 0 heterocycles. The van der Waals surface area contributed by atoms with E-state index in [2.05, 4.69) is 0 Å². The smallest absolute Gasteiger partial charge is 0.207 e. The van der Waals surface area contributed by atoms with E-state index in [0.29, 0.717) is 13.1 Å². The van der Waals surface area contributed by atoms with E-state index >= 15 is 0 Å². The molecule has 0 aliphatic heterocycles. The van der Waals surface area contributed by atoms with E-state index in [1.54, 1.807) is 13.0 Å². The molecule has 0 fully saturated rings. The minimum atomic E-state index is -3.70. The monoisotopic (exact) mass is 312 g/mol. The summed E-state index contributed by atoms with van der Waals surface area (Å²) in [5.74, 6) is -0.421. The SMILES string of the molecule is CCC(CC)CN(CC)S(=O)(=O)c1ccc(F)c(C#N)c1. The molecule has 4 nitrogen and oxygen atoms in total. The molecule has 0 aliphatic carbocycles. The summed E-state index contributed by atoms with van der Waals surface area (Å²) in [5, 5.41) is 8.83. The molecule has 1 aromatic rings. The summed E-state index contributed by atoms with van der Waals surface area (Å²) in [4.78, 5) is -0.0340. The van der Waals surface area contributed by atoms with E-state index in [0.717, 1.165) is 25.0 Å². The van der Waals surface area contributed by atoms with Crippen molar-refractivity contribution < 1.29 is 12.8 Å². The maximum Gasteiger partial charge on any atom is 0.243 e. The molecule has 0 unspecified atom stereocenters. The number of nitriles is 1. The van der Waals surface area contributed by atoms with Crippen molar-refractivity contribution in [3.05, 3.63) is 29.6 Å². The second-order valence-electron chi connectivity index (χ2n) is 4.89. The second kappa shape index (κ2) is 7.53. The van der Waals surface area contributed by atoms with Gasteiger partial charge in [0.2, 0.25) is 10.0 Å². The van der Waals surface area contributed by atoms with Gasteiger partial charge in [-0.1, -0.05) is 33.6 Å². The molecule has 1 rings (SSSR count). The van der Waals surface area contributed by atoms with Gasteiger partial charge >= 0.3 is 0 Å². The average Bonchev–Trinajstić information content (AvgIpc) is 2.48. The van der Waals surface area contributed by atoms with Crippen molar-refractivity contribution >= 4 is 10.0 Å². The van der Waals surface area contributed by atoms with E-state index in [1.807, 2.05) is 13.8 Å². The maximum absolute atomic E-state index is 13.3. The van der Waals surface area contributed by atoms with Crippen molar-refractivity contribution in [2.24, 2.45) is 5.92 Å². The Kier molecular flexibility index (Phi) is 6.31. The lowest BCUT2D eigenvalue weighted by Gasteiger charge is -2.24. The summed E-state index contributed by atoms with van der Waals surface area (Å²) in [6.07, 6.45) is 1.80. The number of nitrogens with zero attached hydrogens (tertiary/aromatic N) is 2. The molecule has 0 aromatic heterocycles. The molecule has 0 N–H and O–H groups in total. The lowest BCUT2D eigenvalue weighted by atomic mass is 10.0. The first-order valence-electron chi connectivity index (χ1n) is 7.10. The molecule has 0 atom stereocenters. The second-order valence-corrected chi connectivity index (χ2v) is 6.83. The highest BCUT2D eigenvalue weighted by Gasteiger charge is 2.25. The number of hydrogen-bond acceptors (Lipinski definition) is 3. The van der Waals surface area contributed by atoms with E-state index in [-0.39, 0.29) is 16.4 Å². The van der Waals surface area contributed by atoms with Crippen molar-refractivity contribution in [1.29, 1.82) is 5.26 Å². The minimum Gasteiger partial charge on any atom is -0.207 e. The van der Waals surface area contributed by atoms with Gasteiger partial charge in [-0.25, -0.2) is 12.8 Å². The van der Waals surface area contributed by atoms with Gasteiger partial charge in [0.05, 0.1) is 10.5 Å². The summed E-state index contributed by atoms with van der Waals surface area (Å²) in [6.45, 7) is 6.61. The van der Waals surface area contributed by atoms with Crippen LogP contribution in [0.1, 0.15) is 39.2 Å². The van der Waals surface area contributed by atoms with Crippen LogP contribution < -0.4 is 0 Å². The summed E-state index contributed by atoms with van der Waals surface area (Å²) in [6, 6.07) is 5.00. The van der Waals surface area contributed by atoms with Crippen molar-refractivity contribution in [2.45, 2.75) is 38.5 Å². The third-order valence-corrected chi connectivity index (χ3v) is 5.60. The average molecular weight is 312 g/mol. The Balaban J connectivity index is 3.16. The topological polar surface area (TPSA) is 61.2 Å². The maximum atomic E-state index is 13.3. The van der Waals surface area contributed by atoms with Crippen molar-refractivity contribution in [3.63, 3.8) is 0 Å². The highest BCUT2D eigenvalue weighted by atomic mass is 32.2. The predicted molar refractivity (Wildman–Crippen MR) is 79.6 cm³/mol. The van der Waals surface area contributed by atoms with Gasteiger partial charge in [-0.05, 0) is 24.1 Å². The highest BCUT2D eigenvalue weighted by molar-refractivity contribution is 7.89. The van der Waals surface area contributed by atoms with Gasteiger partial charge in [-0.2, -0.15) is 9.57 Å². The predicted octanol–water partition coefficient (Wildman–Crippen LogP) is 3.14. The molecular formula is C15H21FN2O2S. The summed E-state index contributed by atoms with van der Waals surface area (Å²) in [5.41, 5.74) is -0.255. The first-order chi connectivity index (χ1) is 9.90. The van der Waals surface area contributed by atoms with Crippen molar-refractivity contribution in [1.82, 2.24) is 4.31 Å². The molecular weight excluding hydrogens is 291 g/mol. The van der Waals surface area contributed by atoms with Crippen LogP contribution in [-0.4, -0.2) is 25.8 Å². The van der Waals surface area contributed by atoms with Gasteiger partial charge in [-0.3, -0.25) is 0 Å². The third kappa shape index (κ3) is 4.02. The molecule has 0 amide bonds. The van der Waals surface area contributed by atoms with Crippen LogP contribution in [0.15, 0.2) is 23.1 Å². The number of hydrogen-bond donors (Lipinski definition) is 0. The quantitative estimate of drug-likeness (QED) is 0.777. The Hall–Kier alpha value is -1.45. The molecule has 0 bridgehead atoms. The van der Waals surface area contributed by atoms with Crippen LogP contribution in [0, 0.1) is 23.1 Å². The molecule has 21 heavy (non-hydrogen) atoms. The van der Waals surface area contributed by atoms with Crippen molar-refractivity contribution in [2.75, 3.05) is 13.1 Å². The lowest BCUT2D eigenvalue weighted by Crippen LogP contribution is -2.35. The molecule has 1 aromatic carbocycles. The summed E-state index contributed by atoms with van der Waals surface area (Å²) in [7, 11) is -3.70. The summed E-state index contributed by atoms with van der Waals surface area (Å²) >= 11 is 0. The van der Waals surface area contributed by atoms with Crippen LogP contribution in [0.2, 0.25) is 0 Å². The molecule has 0 saturated carbocycles. The van der Waals surface area contributed by atoms with Crippen LogP contribution in [0.5, 0.6) is 0 Å². The molecule has 0 spiro atoms. The molecule has 0 saturated heterocycles. The number of sulfonamides is 1. The van der Waals surface area contributed by atoms with Gasteiger partial charge in [0, 0.05) is 13.1 Å². The van der Waals surface area contributed by atoms with Crippen LogP contribution in [-0.2, 0) is 10.0 Å². The van der Waals surface area contributed by atoms with Crippen LogP contribution in [0.3, 0.4) is 0 Å². The zero-order valence-corrected chi connectivity index (χ0v) is 13.5. The standard InChI is InChI=1S/C15H21FN2O2S/c1-4-12(5-2)11-18(6-3)21(19,20)14-7-8-15(16)13(9-14)10-17/h7-9,12H,4-6,11H2,1-3H3. The Morgan fingerprint density at radius 2 is 1.90 bits per heavy atom. The fourth-order valence-electron chi connectivity index (χ4n) is 2.13. The largest absolute Gasteiger partial charge is 0.243 e. The van der Waals surface area contributed by atoms with Gasteiger partial charge in [0.1, 0.15) is 11.9 Å². The zero-order chi connectivity index (χ0) is 16.0. The number of benzene rings is 1. The van der Waals surface area contributed by atoms with Gasteiger partial charge in [-0.15, -0.1) is 0 Å². The lowest BCUT2D eigenvalue weighted by molar-refractivity contribution is 0.339. The highest BCUT2D eigenvalue weighted by Crippen LogP contribution is 2.21. The zero-order valence-electron chi connectivity index (χ0n) is 12.6. The normalized spacial score (nSPS) is 11.9. The van der Waals surface area contributed by atoms with E-state index in [1.165, 1.54) is 10.4 Å². The fourth-order valence-corrected chi connectivity index (χ4v) is 3.68. The van der Waals surface area contributed by atoms with E-state index in [4.69, 9.17) is 5.26 Å². The van der Waals surface area contributed by atoms with Crippen LogP contribution >= 0.6 is 0 Å². The van der Waals surface area contributed by atoms with Gasteiger partial charge in [0.15, 0.2) is 0 Å².